The van der Waals surface area contributed by atoms with Crippen molar-refractivity contribution in [3.63, 3.8) is 0 Å². The van der Waals surface area contributed by atoms with E-state index in [1.54, 1.807) is 0 Å². The summed E-state index contributed by atoms with van der Waals surface area (Å²) in [4.78, 5) is 25.3. The Kier molecular flexibility index (Phi) is 5.11. The predicted octanol–water partition coefficient (Wildman–Crippen LogP) is 2.16. The van der Waals surface area contributed by atoms with Crippen LogP contribution in [0.15, 0.2) is 24.3 Å². The van der Waals surface area contributed by atoms with Crippen molar-refractivity contribution < 1.29 is 14.3 Å². The molecule has 1 spiro atoms. The van der Waals surface area contributed by atoms with Crippen LogP contribution in [0.1, 0.15) is 31.2 Å². The van der Waals surface area contributed by atoms with Crippen LogP contribution in [0.25, 0.3) is 0 Å². The molecular formula is C18H23ClN2O3. The molecule has 1 unspecified atom stereocenters. The third-order valence-electron chi connectivity index (χ3n) is 5.43. The molecule has 24 heavy (non-hydrogen) atoms. The lowest BCUT2D eigenvalue weighted by Gasteiger charge is -2.53. The summed E-state index contributed by atoms with van der Waals surface area (Å²) in [6, 6.07) is 7.47. The number of rotatable bonds is 5. The van der Waals surface area contributed by atoms with E-state index >= 15 is 0 Å². The number of benzene rings is 1. The quantitative estimate of drug-likeness (QED) is 0.884. The Labute approximate surface area is 147 Å². The van der Waals surface area contributed by atoms with E-state index in [1.165, 1.54) is 0 Å². The van der Waals surface area contributed by atoms with Gasteiger partial charge in [0.25, 0.3) is 0 Å². The Hall–Kier alpha value is -1.59. The number of nitrogens with two attached hydrogens (primary N) is 1. The smallest absolute Gasteiger partial charge is 0.243 e. The molecule has 2 aliphatic rings. The van der Waals surface area contributed by atoms with Gasteiger partial charge in [-0.1, -0.05) is 29.8 Å². The van der Waals surface area contributed by atoms with Crippen molar-refractivity contribution in [2.24, 2.45) is 11.1 Å². The van der Waals surface area contributed by atoms with Gasteiger partial charge in [-0.25, -0.2) is 0 Å². The van der Waals surface area contributed by atoms with Crippen LogP contribution in [0.4, 0.5) is 0 Å². The van der Waals surface area contributed by atoms with Crippen molar-refractivity contribution in [2.45, 2.75) is 38.2 Å². The highest BCUT2D eigenvalue weighted by molar-refractivity contribution is 6.31. The second-order valence-corrected chi connectivity index (χ2v) is 7.22. The van der Waals surface area contributed by atoms with Crippen LogP contribution in [0, 0.1) is 5.41 Å². The van der Waals surface area contributed by atoms with Crippen LogP contribution >= 0.6 is 11.6 Å². The van der Waals surface area contributed by atoms with Crippen molar-refractivity contribution in [3.8, 4) is 0 Å². The molecule has 5 nitrogen and oxygen atoms in total. The Morgan fingerprint density at radius 2 is 1.96 bits per heavy atom. The molecule has 0 bridgehead atoms. The van der Waals surface area contributed by atoms with Gasteiger partial charge >= 0.3 is 0 Å². The van der Waals surface area contributed by atoms with Crippen molar-refractivity contribution in [3.05, 3.63) is 34.9 Å². The zero-order chi connectivity index (χ0) is 17.2. The standard InChI is InChI=1S/C18H23ClN2O3/c19-14-4-2-1-3-13(14)11-17(23)21-9-7-18(8-10-21)6-5-15(18)24-12-16(20)22/h1-4,15H,5-12H2,(H2,20,22). The van der Waals surface area contributed by atoms with Gasteiger partial charge in [-0.2, -0.15) is 0 Å². The lowest BCUT2D eigenvalue weighted by molar-refractivity contribution is -0.155. The minimum Gasteiger partial charge on any atom is -0.368 e. The number of ether oxygens (including phenoxy) is 1. The van der Waals surface area contributed by atoms with Gasteiger partial charge in [-0.3, -0.25) is 9.59 Å². The van der Waals surface area contributed by atoms with Crippen LogP contribution in [0.5, 0.6) is 0 Å². The molecule has 1 atom stereocenters. The normalized spacial score (nSPS) is 22.2. The van der Waals surface area contributed by atoms with Gasteiger partial charge in [0, 0.05) is 23.5 Å². The zero-order valence-corrected chi connectivity index (χ0v) is 14.4. The maximum absolute atomic E-state index is 12.5. The average Bonchev–Trinajstić information content (AvgIpc) is 2.56. The first-order valence-corrected chi connectivity index (χ1v) is 8.79. The first kappa shape index (κ1) is 17.2. The van der Waals surface area contributed by atoms with E-state index in [1.807, 2.05) is 29.2 Å². The highest BCUT2D eigenvalue weighted by Gasteiger charge is 2.49. The molecule has 1 aliphatic heterocycles. The van der Waals surface area contributed by atoms with Gasteiger partial charge in [0.1, 0.15) is 6.61 Å². The number of amides is 2. The van der Waals surface area contributed by atoms with Crippen molar-refractivity contribution in [1.82, 2.24) is 4.90 Å². The third-order valence-corrected chi connectivity index (χ3v) is 5.79. The molecule has 6 heteroatoms. The van der Waals surface area contributed by atoms with E-state index in [-0.39, 0.29) is 24.0 Å². The fourth-order valence-corrected chi connectivity index (χ4v) is 4.01. The highest BCUT2D eigenvalue weighted by Crippen LogP contribution is 2.50. The Morgan fingerprint density at radius 3 is 2.54 bits per heavy atom. The Balaban J connectivity index is 1.52. The molecule has 1 saturated heterocycles. The van der Waals surface area contributed by atoms with Gasteiger partial charge in [0.05, 0.1) is 12.5 Å². The number of piperidine rings is 1. The molecular weight excluding hydrogens is 328 g/mol. The number of carbonyl (C=O) groups excluding carboxylic acids is 2. The van der Waals surface area contributed by atoms with Crippen LogP contribution < -0.4 is 5.73 Å². The Bertz CT molecular complexity index is 626. The molecule has 2 fully saturated rings. The number of hydrogen-bond donors (Lipinski definition) is 1. The summed E-state index contributed by atoms with van der Waals surface area (Å²) in [5, 5.41) is 0.637. The fourth-order valence-electron chi connectivity index (χ4n) is 3.80. The largest absolute Gasteiger partial charge is 0.368 e. The number of carbonyl (C=O) groups is 2. The number of hydrogen-bond acceptors (Lipinski definition) is 3. The SMILES string of the molecule is NC(=O)COC1CCC12CCN(C(=O)Cc1ccccc1Cl)CC2. The summed E-state index contributed by atoms with van der Waals surface area (Å²) in [7, 11) is 0. The first-order chi connectivity index (χ1) is 11.5. The van der Waals surface area contributed by atoms with Crippen molar-refractivity contribution in [2.75, 3.05) is 19.7 Å². The van der Waals surface area contributed by atoms with Gasteiger partial charge in [0.15, 0.2) is 0 Å². The van der Waals surface area contributed by atoms with Crippen LogP contribution in [-0.4, -0.2) is 42.5 Å². The molecule has 2 N–H and O–H groups in total. The summed E-state index contributed by atoms with van der Waals surface area (Å²) in [6.45, 7) is 1.46. The molecule has 1 aromatic rings. The second kappa shape index (κ2) is 7.11. The monoisotopic (exact) mass is 350 g/mol. The van der Waals surface area contributed by atoms with E-state index < -0.39 is 5.91 Å². The molecule has 1 heterocycles. The average molecular weight is 351 g/mol. The molecule has 0 aromatic heterocycles. The van der Waals surface area contributed by atoms with Crippen LogP contribution in [0.3, 0.4) is 0 Å². The number of likely N-dealkylation sites (tertiary alicyclic amines) is 1. The Morgan fingerprint density at radius 1 is 1.25 bits per heavy atom. The lowest BCUT2D eigenvalue weighted by atomic mass is 9.60. The van der Waals surface area contributed by atoms with Gasteiger partial charge in [0.2, 0.25) is 11.8 Å². The molecule has 2 amide bonds. The summed E-state index contributed by atoms with van der Waals surface area (Å²) in [6.07, 6.45) is 4.36. The summed E-state index contributed by atoms with van der Waals surface area (Å²) >= 11 is 6.14. The van der Waals surface area contributed by atoms with Crippen molar-refractivity contribution in [1.29, 1.82) is 0 Å². The van der Waals surface area contributed by atoms with E-state index in [0.29, 0.717) is 11.4 Å². The molecule has 1 aliphatic carbocycles. The first-order valence-electron chi connectivity index (χ1n) is 8.41. The minimum atomic E-state index is -0.426. The number of halogens is 1. The highest BCUT2D eigenvalue weighted by atomic mass is 35.5. The molecule has 1 saturated carbocycles. The zero-order valence-electron chi connectivity index (χ0n) is 13.7. The van der Waals surface area contributed by atoms with Gasteiger partial charge in [-0.05, 0) is 37.3 Å². The molecule has 3 rings (SSSR count). The van der Waals surface area contributed by atoms with Gasteiger partial charge < -0.3 is 15.4 Å². The summed E-state index contributed by atoms with van der Waals surface area (Å²) < 4.78 is 5.64. The number of nitrogens with zero attached hydrogens (tertiary/aromatic N) is 1. The summed E-state index contributed by atoms with van der Waals surface area (Å²) in [5.41, 5.74) is 6.15. The maximum Gasteiger partial charge on any atom is 0.243 e. The predicted molar refractivity (Wildman–Crippen MR) is 91.6 cm³/mol. The second-order valence-electron chi connectivity index (χ2n) is 6.82. The van der Waals surface area contributed by atoms with Crippen molar-refractivity contribution >= 4 is 23.4 Å². The molecule has 1 aromatic carbocycles. The topological polar surface area (TPSA) is 72.6 Å². The van der Waals surface area contributed by atoms with Crippen LogP contribution in [0.2, 0.25) is 5.02 Å². The fraction of sp³-hybridized carbons (Fsp3) is 0.556. The van der Waals surface area contributed by atoms with E-state index in [0.717, 1.165) is 44.3 Å². The number of primary amides is 1. The third kappa shape index (κ3) is 3.57. The molecule has 130 valence electrons. The minimum absolute atomic E-state index is 0.0123. The van der Waals surface area contributed by atoms with E-state index in [4.69, 9.17) is 22.1 Å². The summed E-state index contributed by atoms with van der Waals surface area (Å²) in [5.74, 6) is -0.309. The van der Waals surface area contributed by atoms with E-state index in [2.05, 4.69) is 0 Å². The van der Waals surface area contributed by atoms with E-state index in [9.17, 15) is 9.59 Å². The molecule has 0 radical (unpaired) electrons. The maximum atomic E-state index is 12.5. The van der Waals surface area contributed by atoms with Crippen LogP contribution in [-0.2, 0) is 20.7 Å². The van der Waals surface area contributed by atoms with Gasteiger partial charge in [-0.15, -0.1) is 0 Å². The lowest BCUT2D eigenvalue weighted by Crippen LogP contribution is -2.54.